The zero-order valence-corrected chi connectivity index (χ0v) is 18.8. The first kappa shape index (κ1) is 23.1. The Bertz CT molecular complexity index is 999. The minimum absolute atomic E-state index is 0.00737. The van der Waals surface area contributed by atoms with Crippen LogP contribution in [0.2, 0.25) is 0 Å². The van der Waals surface area contributed by atoms with E-state index < -0.39 is 39.0 Å². The molecule has 0 aromatic heterocycles. The summed E-state index contributed by atoms with van der Waals surface area (Å²) in [5.74, 6) is -2.16. The van der Waals surface area contributed by atoms with Crippen molar-refractivity contribution in [3.05, 3.63) is 70.8 Å². The fourth-order valence-electron chi connectivity index (χ4n) is 4.52. The largest absolute Gasteiger partial charge is 0.468 e. The van der Waals surface area contributed by atoms with Crippen LogP contribution in [-0.2, 0) is 26.2 Å². The summed E-state index contributed by atoms with van der Waals surface area (Å²) < 4.78 is 63.8. The second-order valence-corrected chi connectivity index (χ2v) is 10.6. The van der Waals surface area contributed by atoms with E-state index in [-0.39, 0.29) is 36.9 Å². The lowest BCUT2D eigenvalue weighted by molar-refractivity contribution is -0.167. The van der Waals surface area contributed by atoms with Crippen molar-refractivity contribution in [3.63, 3.8) is 0 Å². The minimum atomic E-state index is -3.29. The Labute approximate surface area is 187 Å². The molecular weight excluding hydrogens is 440 g/mol. The first-order valence-electron chi connectivity index (χ1n) is 10.4. The van der Waals surface area contributed by atoms with Gasteiger partial charge in [0, 0.05) is 23.7 Å². The number of rotatable bonds is 5. The van der Waals surface area contributed by atoms with Crippen molar-refractivity contribution >= 4 is 16.7 Å². The molecule has 2 N–H and O–H groups in total. The van der Waals surface area contributed by atoms with E-state index in [4.69, 9.17) is 9.47 Å². The molecular formula is C23H27F2NO5S. The number of benzene rings is 2. The molecule has 0 radical (unpaired) electrons. The molecule has 174 valence electrons. The number of hydrogen-bond donors (Lipinski definition) is 2. The molecule has 2 aliphatic rings. The monoisotopic (exact) mass is 467 g/mol. The van der Waals surface area contributed by atoms with Crippen LogP contribution >= 0.6 is 10.8 Å². The maximum absolute atomic E-state index is 15.1. The van der Waals surface area contributed by atoms with Gasteiger partial charge in [-0.25, -0.2) is 8.78 Å². The van der Waals surface area contributed by atoms with E-state index in [2.05, 4.69) is 0 Å². The molecule has 9 heteroatoms. The topological polar surface area (TPSA) is 79.2 Å². The van der Waals surface area contributed by atoms with Gasteiger partial charge in [0.25, 0.3) is 0 Å². The summed E-state index contributed by atoms with van der Waals surface area (Å²) >= 11 is 0. The maximum Gasteiger partial charge on any atom is 0.321 e. The lowest BCUT2D eigenvalue weighted by Crippen LogP contribution is -2.54. The Morgan fingerprint density at radius 1 is 1.19 bits per heavy atom. The molecule has 4 rings (SSSR count). The SMILES string of the molecule is COC(=O)C1(c2cc(F)c(CN3[C@@H](C)CC[C@H](c4ccccc4)S3(O)O)cc2F)COC1. The van der Waals surface area contributed by atoms with Crippen molar-refractivity contribution in [1.29, 1.82) is 0 Å². The number of ether oxygens (including phenoxy) is 2. The van der Waals surface area contributed by atoms with Gasteiger partial charge in [-0.05, 0) is 37.5 Å². The second kappa shape index (κ2) is 8.72. The van der Waals surface area contributed by atoms with E-state index in [0.717, 1.165) is 17.7 Å². The normalized spacial score (nSPS) is 25.6. The lowest BCUT2D eigenvalue weighted by atomic mass is 9.78. The first-order valence-corrected chi connectivity index (χ1v) is 12.0. The number of nitrogens with zero attached hydrogens (tertiary/aromatic N) is 1. The minimum Gasteiger partial charge on any atom is -0.468 e. The van der Waals surface area contributed by atoms with Gasteiger partial charge in [-0.2, -0.15) is 4.31 Å². The molecule has 0 spiro atoms. The van der Waals surface area contributed by atoms with Crippen molar-refractivity contribution in [3.8, 4) is 0 Å². The van der Waals surface area contributed by atoms with E-state index >= 15 is 8.78 Å². The Hall–Kier alpha value is -2.04. The Kier molecular flexibility index (Phi) is 6.30. The van der Waals surface area contributed by atoms with E-state index in [0.29, 0.717) is 12.8 Å². The molecule has 2 aromatic carbocycles. The van der Waals surface area contributed by atoms with Crippen LogP contribution in [0.5, 0.6) is 0 Å². The van der Waals surface area contributed by atoms with Crippen LogP contribution in [0.15, 0.2) is 42.5 Å². The number of esters is 1. The van der Waals surface area contributed by atoms with Gasteiger partial charge in [-0.15, -0.1) is 10.8 Å². The molecule has 6 nitrogen and oxygen atoms in total. The third-order valence-electron chi connectivity index (χ3n) is 6.49. The Morgan fingerprint density at radius 2 is 1.88 bits per heavy atom. The molecule has 0 amide bonds. The van der Waals surface area contributed by atoms with Gasteiger partial charge in [0.05, 0.1) is 25.6 Å². The average molecular weight is 468 g/mol. The molecule has 0 unspecified atom stereocenters. The number of carbonyl (C=O) groups excluding carboxylic acids is 1. The predicted octanol–water partition coefficient (Wildman–Crippen LogP) is 4.80. The van der Waals surface area contributed by atoms with E-state index in [1.165, 1.54) is 11.4 Å². The molecule has 2 aliphatic heterocycles. The van der Waals surface area contributed by atoms with E-state index in [9.17, 15) is 13.9 Å². The highest BCUT2D eigenvalue weighted by Gasteiger charge is 2.51. The van der Waals surface area contributed by atoms with Gasteiger partial charge in [-0.1, -0.05) is 30.3 Å². The number of methoxy groups -OCH3 is 1. The van der Waals surface area contributed by atoms with Crippen molar-refractivity contribution in [2.75, 3.05) is 20.3 Å². The van der Waals surface area contributed by atoms with Gasteiger partial charge in [0.1, 0.15) is 17.0 Å². The van der Waals surface area contributed by atoms with Gasteiger partial charge >= 0.3 is 5.97 Å². The second-order valence-electron chi connectivity index (χ2n) is 8.45. The molecule has 0 saturated carbocycles. The number of halogens is 2. The number of carbonyl (C=O) groups is 1. The predicted molar refractivity (Wildman–Crippen MR) is 117 cm³/mol. The van der Waals surface area contributed by atoms with Crippen LogP contribution in [0.25, 0.3) is 0 Å². The molecule has 0 bridgehead atoms. The molecule has 2 heterocycles. The summed E-state index contributed by atoms with van der Waals surface area (Å²) in [7, 11) is -2.10. The average Bonchev–Trinajstić information content (AvgIpc) is 2.73. The third-order valence-corrected chi connectivity index (χ3v) is 8.94. The third kappa shape index (κ3) is 3.82. The lowest BCUT2D eigenvalue weighted by Gasteiger charge is -2.54. The van der Waals surface area contributed by atoms with Gasteiger partial charge in [0.2, 0.25) is 0 Å². The highest BCUT2D eigenvalue weighted by Crippen LogP contribution is 2.63. The van der Waals surface area contributed by atoms with Crippen molar-refractivity contribution in [2.45, 2.75) is 43.0 Å². The van der Waals surface area contributed by atoms with Gasteiger partial charge in [-0.3, -0.25) is 13.9 Å². The van der Waals surface area contributed by atoms with Crippen LogP contribution < -0.4 is 0 Å². The van der Waals surface area contributed by atoms with Gasteiger partial charge < -0.3 is 9.47 Å². The maximum atomic E-state index is 15.1. The van der Waals surface area contributed by atoms with Crippen LogP contribution in [0.1, 0.15) is 41.7 Å². The van der Waals surface area contributed by atoms with Gasteiger partial charge in [0.15, 0.2) is 0 Å². The van der Waals surface area contributed by atoms with Crippen LogP contribution in [0.3, 0.4) is 0 Å². The molecule has 2 atom stereocenters. The van der Waals surface area contributed by atoms with E-state index in [1.807, 2.05) is 37.3 Å². The molecule has 2 aromatic rings. The zero-order valence-electron chi connectivity index (χ0n) is 18.0. The molecule has 2 fully saturated rings. The number of hydrogen-bond acceptors (Lipinski definition) is 6. The van der Waals surface area contributed by atoms with Crippen molar-refractivity contribution < 1.29 is 32.2 Å². The van der Waals surface area contributed by atoms with Crippen LogP contribution in [0, 0.1) is 11.6 Å². The van der Waals surface area contributed by atoms with Crippen molar-refractivity contribution in [1.82, 2.24) is 4.31 Å². The van der Waals surface area contributed by atoms with Crippen molar-refractivity contribution in [2.24, 2.45) is 0 Å². The first-order chi connectivity index (χ1) is 15.2. The van der Waals surface area contributed by atoms with Crippen LogP contribution in [-0.4, -0.2) is 45.7 Å². The molecule has 2 saturated heterocycles. The molecule has 0 aliphatic carbocycles. The Morgan fingerprint density at radius 3 is 2.47 bits per heavy atom. The Balaban J connectivity index is 1.64. The van der Waals surface area contributed by atoms with E-state index in [1.54, 1.807) is 0 Å². The zero-order chi connectivity index (χ0) is 23.1. The standard InChI is InChI=1S/C23H27F2NO5S/c1-15-8-9-21(16-6-4-3-5-7-16)32(28,29)26(15)12-17-10-20(25)18(11-19(17)24)23(13-31-14-23)22(27)30-2/h3-7,10-11,15,21,28-29H,8-9,12-14H2,1-2H3/t15-,21+/m0/s1. The van der Waals surface area contributed by atoms with Crippen LogP contribution in [0.4, 0.5) is 8.78 Å². The summed E-state index contributed by atoms with van der Waals surface area (Å²) in [6.45, 7) is 1.50. The summed E-state index contributed by atoms with van der Waals surface area (Å²) in [4.78, 5) is 12.2. The fraction of sp³-hybridized carbons (Fsp3) is 0.435. The summed E-state index contributed by atoms with van der Waals surface area (Å²) in [6.07, 6.45) is 1.27. The smallest absolute Gasteiger partial charge is 0.321 e. The molecule has 32 heavy (non-hydrogen) atoms. The highest BCUT2D eigenvalue weighted by atomic mass is 32.3. The summed E-state index contributed by atoms with van der Waals surface area (Å²) in [5, 5.41) is -0.512. The highest BCUT2D eigenvalue weighted by molar-refractivity contribution is 8.22. The quantitative estimate of drug-likeness (QED) is 0.615. The fourth-order valence-corrected chi connectivity index (χ4v) is 6.79. The summed E-state index contributed by atoms with van der Waals surface area (Å²) in [5.41, 5.74) is -0.682. The summed E-state index contributed by atoms with van der Waals surface area (Å²) in [6, 6.07) is 11.0.